The number of aliphatic hydroxyl groups is 1. The Bertz CT molecular complexity index is 450. The molecule has 1 aliphatic carbocycles. The number of hydrogen-bond donors (Lipinski definition) is 1. The molecule has 0 amide bonds. The van der Waals surface area contributed by atoms with Crippen LogP contribution >= 0.6 is 0 Å². The lowest BCUT2D eigenvalue weighted by molar-refractivity contribution is 0.0448. The first-order valence-electron chi connectivity index (χ1n) is 6.84. The Kier molecular flexibility index (Phi) is 3.15. The lowest BCUT2D eigenvalue weighted by Gasteiger charge is -2.25. The highest BCUT2D eigenvalue weighted by atomic mass is 16.5. The van der Waals surface area contributed by atoms with Gasteiger partial charge in [-0.2, -0.15) is 0 Å². The van der Waals surface area contributed by atoms with Crippen LogP contribution in [0.3, 0.4) is 0 Å². The number of nitrogens with zero attached hydrogens (tertiary/aromatic N) is 1. The van der Waals surface area contributed by atoms with Crippen molar-refractivity contribution in [2.24, 2.45) is 0 Å². The summed E-state index contributed by atoms with van der Waals surface area (Å²) in [4.78, 5) is 2.39. The summed E-state index contributed by atoms with van der Waals surface area (Å²) in [5, 5.41) is 10.9. The van der Waals surface area contributed by atoms with Gasteiger partial charge in [0.25, 0.3) is 0 Å². The van der Waals surface area contributed by atoms with Gasteiger partial charge < -0.3 is 14.6 Å². The van der Waals surface area contributed by atoms with Crippen LogP contribution in [0.1, 0.15) is 24.8 Å². The third-order valence-electron chi connectivity index (χ3n) is 4.23. The highest BCUT2D eigenvalue weighted by Gasteiger charge is 2.43. The molecular weight excluding hydrogens is 242 g/mol. The van der Waals surface area contributed by atoms with Crippen LogP contribution in [0.25, 0.3) is 0 Å². The third kappa shape index (κ3) is 2.42. The first-order valence-corrected chi connectivity index (χ1v) is 6.84. The zero-order chi connectivity index (χ0) is 13.5. The minimum Gasteiger partial charge on any atom is -0.497 e. The van der Waals surface area contributed by atoms with Crippen LogP contribution in [0.2, 0.25) is 0 Å². The Morgan fingerprint density at radius 3 is 2.32 bits per heavy atom. The molecule has 4 nitrogen and oxygen atoms in total. The maximum atomic E-state index is 10.9. The van der Waals surface area contributed by atoms with Gasteiger partial charge in [-0.1, -0.05) is 0 Å². The third-order valence-corrected chi connectivity index (χ3v) is 4.23. The number of ether oxygens (including phenoxy) is 2. The Hall–Kier alpha value is -1.26. The molecule has 4 heteroatoms. The summed E-state index contributed by atoms with van der Waals surface area (Å²) in [6, 6.07) is 6.36. The van der Waals surface area contributed by atoms with Gasteiger partial charge in [0, 0.05) is 25.2 Å². The largest absolute Gasteiger partial charge is 0.497 e. The van der Waals surface area contributed by atoms with Crippen LogP contribution in [0.5, 0.6) is 11.5 Å². The zero-order valence-electron chi connectivity index (χ0n) is 11.6. The maximum absolute atomic E-state index is 10.9. The van der Waals surface area contributed by atoms with E-state index in [1.54, 1.807) is 14.2 Å². The molecule has 19 heavy (non-hydrogen) atoms. The second kappa shape index (κ2) is 4.69. The normalized spacial score (nSPS) is 27.5. The van der Waals surface area contributed by atoms with Crippen molar-refractivity contribution in [1.82, 2.24) is 4.90 Å². The van der Waals surface area contributed by atoms with Gasteiger partial charge in [-0.25, -0.2) is 0 Å². The Morgan fingerprint density at radius 1 is 1.16 bits per heavy atom. The van der Waals surface area contributed by atoms with Crippen molar-refractivity contribution in [2.45, 2.75) is 30.9 Å². The second-order valence-electron chi connectivity index (χ2n) is 5.58. The lowest BCUT2D eigenvalue weighted by atomic mass is 9.92. The van der Waals surface area contributed by atoms with Crippen molar-refractivity contribution in [3.05, 3.63) is 23.8 Å². The van der Waals surface area contributed by atoms with Gasteiger partial charge in [0.05, 0.1) is 14.2 Å². The van der Waals surface area contributed by atoms with E-state index in [4.69, 9.17) is 9.47 Å². The molecule has 1 atom stereocenters. The summed E-state index contributed by atoms with van der Waals surface area (Å²) in [6.45, 7) is 1.69. The van der Waals surface area contributed by atoms with Crippen LogP contribution < -0.4 is 9.47 Å². The molecule has 0 aromatic heterocycles. The van der Waals surface area contributed by atoms with E-state index in [0.29, 0.717) is 12.6 Å². The molecule has 1 aromatic rings. The van der Waals surface area contributed by atoms with Gasteiger partial charge >= 0.3 is 0 Å². The highest BCUT2D eigenvalue weighted by Crippen LogP contribution is 2.40. The molecule has 2 aliphatic rings. The molecule has 104 valence electrons. The van der Waals surface area contributed by atoms with E-state index < -0.39 is 5.60 Å². The number of hydrogen-bond acceptors (Lipinski definition) is 4. The van der Waals surface area contributed by atoms with Gasteiger partial charge in [0.1, 0.15) is 17.1 Å². The van der Waals surface area contributed by atoms with Crippen molar-refractivity contribution >= 4 is 0 Å². The van der Waals surface area contributed by atoms with Crippen LogP contribution in [-0.2, 0) is 5.60 Å². The SMILES string of the molecule is COc1cc(OC)cc(C2(O)CCN(C3CC3)C2)c1. The number of β-amino-alcohol motifs (C(OH)–C–C–N with tert-alkyl or cyclic N) is 1. The smallest absolute Gasteiger partial charge is 0.122 e. The van der Waals surface area contributed by atoms with E-state index in [-0.39, 0.29) is 0 Å². The molecule has 1 heterocycles. The van der Waals surface area contributed by atoms with Crippen LogP contribution in [0.15, 0.2) is 18.2 Å². The summed E-state index contributed by atoms with van der Waals surface area (Å²) in [6.07, 6.45) is 3.33. The van der Waals surface area contributed by atoms with Gasteiger partial charge in [-0.15, -0.1) is 0 Å². The summed E-state index contributed by atoms with van der Waals surface area (Å²) in [7, 11) is 3.27. The predicted octanol–water partition coefficient (Wildman–Crippen LogP) is 1.76. The molecule has 2 fully saturated rings. The van der Waals surface area contributed by atoms with Crippen LogP contribution in [0.4, 0.5) is 0 Å². The first-order chi connectivity index (χ1) is 9.14. The lowest BCUT2D eigenvalue weighted by Crippen LogP contribution is -2.31. The van der Waals surface area contributed by atoms with Gasteiger partial charge in [-0.05, 0) is 37.0 Å². The Balaban J connectivity index is 1.87. The second-order valence-corrected chi connectivity index (χ2v) is 5.58. The standard InChI is InChI=1S/C15H21NO3/c1-18-13-7-11(8-14(9-13)19-2)15(17)5-6-16(10-15)12-3-4-12/h7-9,12,17H,3-6,10H2,1-2H3. The summed E-state index contributed by atoms with van der Waals surface area (Å²) < 4.78 is 10.6. The number of methoxy groups -OCH3 is 2. The topological polar surface area (TPSA) is 41.9 Å². The van der Waals surface area contributed by atoms with Gasteiger partial charge in [0.15, 0.2) is 0 Å². The molecule has 1 saturated carbocycles. The van der Waals surface area contributed by atoms with Gasteiger partial charge in [-0.3, -0.25) is 4.90 Å². The van der Waals surface area contributed by atoms with E-state index >= 15 is 0 Å². The molecule has 1 aromatic carbocycles. The van der Waals surface area contributed by atoms with E-state index in [9.17, 15) is 5.11 Å². The van der Waals surface area contributed by atoms with E-state index in [2.05, 4.69) is 4.90 Å². The zero-order valence-corrected chi connectivity index (χ0v) is 11.6. The minimum absolute atomic E-state index is 0.696. The average Bonchev–Trinajstić information content (AvgIpc) is 3.21. The first kappa shape index (κ1) is 12.8. The van der Waals surface area contributed by atoms with Crippen molar-refractivity contribution < 1.29 is 14.6 Å². The molecule has 0 radical (unpaired) electrons. The van der Waals surface area contributed by atoms with Crippen molar-refractivity contribution in [3.8, 4) is 11.5 Å². The summed E-state index contributed by atoms with van der Waals surface area (Å²) in [5.74, 6) is 1.46. The molecule has 0 bridgehead atoms. The summed E-state index contributed by atoms with van der Waals surface area (Å²) in [5.41, 5.74) is 0.122. The number of likely N-dealkylation sites (tertiary alicyclic amines) is 1. The molecule has 1 N–H and O–H groups in total. The quantitative estimate of drug-likeness (QED) is 0.899. The van der Waals surface area contributed by atoms with E-state index in [0.717, 1.165) is 30.0 Å². The fourth-order valence-corrected chi connectivity index (χ4v) is 2.89. The predicted molar refractivity (Wildman–Crippen MR) is 72.7 cm³/mol. The summed E-state index contributed by atoms with van der Waals surface area (Å²) >= 11 is 0. The minimum atomic E-state index is -0.773. The molecular formula is C15H21NO3. The van der Waals surface area contributed by atoms with E-state index in [1.807, 2.05) is 18.2 Å². The molecule has 0 spiro atoms. The number of benzene rings is 1. The molecule has 1 saturated heterocycles. The fourth-order valence-electron chi connectivity index (χ4n) is 2.89. The maximum Gasteiger partial charge on any atom is 0.122 e. The van der Waals surface area contributed by atoms with Crippen LogP contribution in [-0.4, -0.2) is 43.4 Å². The van der Waals surface area contributed by atoms with Gasteiger partial charge in [0.2, 0.25) is 0 Å². The Morgan fingerprint density at radius 2 is 1.79 bits per heavy atom. The van der Waals surface area contributed by atoms with Crippen LogP contribution in [0, 0.1) is 0 Å². The van der Waals surface area contributed by atoms with Crippen molar-refractivity contribution in [3.63, 3.8) is 0 Å². The monoisotopic (exact) mass is 263 g/mol. The number of rotatable bonds is 4. The van der Waals surface area contributed by atoms with Crippen molar-refractivity contribution in [2.75, 3.05) is 27.3 Å². The fraction of sp³-hybridized carbons (Fsp3) is 0.600. The molecule has 1 unspecified atom stereocenters. The van der Waals surface area contributed by atoms with E-state index in [1.165, 1.54) is 12.8 Å². The Labute approximate surface area is 113 Å². The highest BCUT2D eigenvalue weighted by molar-refractivity contribution is 5.41. The molecule has 3 rings (SSSR count). The van der Waals surface area contributed by atoms with Crippen molar-refractivity contribution in [1.29, 1.82) is 0 Å². The molecule has 1 aliphatic heterocycles. The average molecular weight is 263 g/mol.